The van der Waals surface area contributed by atoms with Gasteiger partial charge in [-0.15, -0.1) is 10.2 Å². The Kier molecular flexibility index (Phi) is 5.10. The minimum atomic E-state index is 0.392. The lowest BCUT2D eigenvalue weighted by Gasteiger charge is -2.07. The minimum Gasteiger partial charge on any atom is -0.324 e. The van der Waals surface area contributed by atoms with Crippen LogP contribution < -0.4 is 5.73 Å². The number of nitrogens with zero attached hydrogens (tertiary/aromatic N) is 3. The SMILES string of the molecule is CCn1c(CN)nnc1SCc1ccc(Cl)cc1Cl. The van der Waals surface area contributed by atoms with E-state index in [-0.39, 0.29) is 0 Å². The van der Waals surface area contributed by atoms with Gasteiger partial charge in [0.15, 0.2) is 5.16 Å². The maximum atomic E-state index is 6.14. The largest absolute Gasteiger partial charge is 0.324 e. The molecule has 0 saturated heterocycles. The summed E-state index contributed by atoms with van der Waals surface area (Å²) in [6.07, 6.45) is 0. The third-order valence-electron chi connectivity index (χ3n) is 2.66. The molecule has 7 heteroatoms. The van der Waals surface area contributed by atoms with Crippen LogP contribution in [0.2, 0.25) is 10.0 Å². The maximum absolute atomic E-state index is 6.14. The molecule has 2 N–H and O–H groups in total. The van der Waals surface area contributed by atoms with E-state index in [4.69, 9.17) is 28.9 Å². The summed E-state index contributed by atoms with van der Waals surface area (Å²) in [6.45, 7) is 3.24. The van der Waals surface area contributed by atoms with Gasteiger partial charge in [-0.05, 0) is 24.6 Å². The second-order valence-electron chi connectivity index (χ2n) is 3.87. The van der Waals surface area contributed by atoms with E-state index in [9.17, 15) is 0 Å². The molecular weight excluding hydrogens is 303 g/mol. The molecule has 102 valence electrons. The number of aromatic nitrogens is 3. The standard InChI is InChI=1S/C12H14Cl2N4S/c1-2-18-11(6-15)16-17-12(18)19-7-8-3-4-9(13)5-10(8)14/h3-5H,2,6-7,15H2,1H3. The molecule has 1 aromatic heterocycles. The molecule has 0 aliphatic carbocycles. The lowest BCUT2D eigenvalue weighted by atomic mass is 10.2. The minimum absolute atomic E-state index is 0.392. The first kappa shape index (κ1) is 14.7. The normalized spacial score (nSPS) is 10.9. The number of rotatable bonds is 5. The molecule has 0 radical (unpaired) electrons. The van der Waals surface area contributed by atoms with Crippen LogP contribution in [0.15, 0.2) is 23.4 Å². The number of benzene rings is 1. The van der Waals surface area contributed by atoms with Gasteiger partial charge in [0.25, 0.3) is 0 Å². The van der Waals surface area contributed by atoms with E-state index in [1.807, 2.05) is 23.6 Å². The summed E-state index contributed by atoms with van der Waals surface area (Å²) in [6, 6.07) is 5.50. The lowest BCUT2D eigenvalue weighted by Crippen LogP contribution is -2.08. The Bertz CT molecular complexity index is 571. The van der Waals surface area contributed by atoms with Gasteiger partial charge in [-0.1, -0.05) is 41.0 Å². The summed E-state index contributed by atoms with van der Waals surface area (Å²) in [5.74, 6) is 1.52. The highest BCUT2D eigenvalue weighted by Crippen LogP contribution is 2.28. The fourth-order valence-corrected chi connectivity index (χ4v) is 3.26. The summed E-state index contributed by atoms with van der Waals surface area (Å²) < 4.78 is 2.01. The smallest absolute Gasteiger partial charge is 0.191 e. The fourth-order valence-electron chi connectivity index (χ4n) is 1.68. The highest BCUT2D eigenvalue weighted by molar-refractivity contribution is 7.98. The van der Waals surface area contributed by atoms with Crippen LogP contribution in [0.3, 0.4) is 0 Å². The summed E-state index contributed by atoms with van der Waals surface area (Å²) in [4.78, 5) is 0. The Morgan fingerprint density at radius 3 is 2.74 bits per heavy atom. The quantitative estimate of drug-likeness (QED) is 0.859. The van der Waals surface area contributed by atoms with Gasteiger partial charge >= 0.3 is 0 Å². The Morgan fingerprint density at radius 2 is 2.11 bits per heavy atom. The molecular formula is C12H14Cl2N4S. The predicted molar refractivity (Wildman–Crippen MR) is 79.6 cm³/mol. The number of thioether (sulfide) groups is 1. The van der Waals surface area contributed by atoms with Gasteiger partial charge in [-0.25, -0.2) is 0 Å². The number of halogens is 2. The summed E-state index contributed by atoms with van der Waals surface area (Å²) in [7, 11) is 0. The zero-order valence-corrected chi connectivity index (χ0v) is 12.8. The lowest BCUT2D eigenvalue weighted by molar-refractivity contribution is 0.643. The van der Waals surface area contributed by atoms with Crippen molar-refractivity contribution in [3.63, 3.8) is 0 Å². The van der Waals surface area contributed by atoms with E-state index in [1.54, 1.807) is 17.8 Å². The van der Waals surface area contributed by atoms with E-state index < -0.39 is 0 Å². The van der Waals surface area contributed by atoms with Crippen molar-refractivity contribution in [2.45, 2.75) is 30.9 Å². The molecule has 1 aromatic carbocycles. The molecule has 1 heterocycles. The van der Waals surface area contributed by atoms with Gasteiger partial charge in [0, 0.05) is 22.3 Å². The van der Waals surface area contributed by atoms with Crippen LogP contribution in [-0.4, -0.2) is 14.8 Å². The van der Waals surface area contributed by atoms with E-state index in [1.165, 1.54) is 0 Å². The van der Waals surface area contributed by atoms with Gasteiger partial charge in [-0.3, -0.25) is 0 Å². The zero-order valence-electron chi connectivity index (χ0n) is 10.4. The first-order valence-corrected chi connectivity index (χ1v) is 7.58. The van der Waals surface area contributed by atoms with Crippen LogP contribution in [0.1, 0.15) is 18.3 Å². The Morgan fingerprint density at radius 1 is 1.32 bits per heavy atom. The molecule has 0 fully saturated rings. The van der Waals surface area contributed by atoms with Crippen molar-refractivity contribution in [2.24, 2.45) is 5.73 Å². The molecule has 0 bridgehead atoms. The van der Waals surface area contributed by atoms with Crippen molar-refractivity contribution < 1.29 is 0 Å². The molecule has 0 amide bonds. The first-order valence-electron chi connectivity index (χ1n) is 5.84. The van der Waals surface area contributed by atoms with Crippen LogP contribution in [-0.2, 0) is 18.8 Å². The monoisotopic (exact) mass is 316 g/mol. The van der Waals surface area contributed by atoms with Gasteiger partial charge in [0.05, 0.1) is 6.54 Å². The van der Waals surface area contributed by atoms with Crippen molar-refractivity contribution in [1.29, 1.82) is 0 Å². The maximum Gasteiger partial charge on any atom is 0.191 e. The zero-order chi connectivity index (χ0) is 13.8. The molecule has 4 nitrogen and oxygen atoms in total. The third kappa shape index (κ3) is 3.42. The molecule has 2 rings (SSSR count). The molecule has 0 spiro atoms. The topological polar surface area (TPSA) is 56.7 Å². The summed E-state index contributed by atoms with van der Waals surface area (Å²) >= 11 is 13.6. The van der Waals surface area contributed by atoms with Crippen LogP contribution in [0.5, 0.6) is 0 Å². The van der Waals surface area contributed by atoms with Crippen molar-refractivity contribution in [3.05, 3.63) is 39.6 Å². The Hall–Kier alpha value is -0.750. The average molecular weight is 317 g/mol. The van der Waals surface area contributed by atoms with Gasteiger partial charge < -0.3 is 10.3 Å². The van der Waals surface area contributed by atoms with Gasteiger partial charge in [0.1, 0.15) is 5.82 Å². The molecule has 0 unspecified atom stereocenters. The molecule has 19 heavy (non-hydrogen) atoms. The number of hydrogen-bond donors (Lipinski definition) is 1. The van der Waals surface area contributed by atoms with Crippen molar-refractivity contribution in [3.8, 4) is 0 Å². The van der Waals surface area contributed by atoms with E-state index in [0.717, 1.165) is 28.8 Å². The van der Waals surface area contributed by atoms with Crippen molar-refractivity contribution >= 4 is 35.0 Å². The summed E-state index contributed by atoms with van der Waals surface area (Å²) in [5.41, 5.74) is 6.64. The third-order valence-corrected chi connectivity index (χ3v) is 4.27. The van der Waals surface area contributed by atoms with Crippen LogP contribution in [0.4, 0.5) is 0 Å². The van der Waals surface area contributed by atoms with Crippen LogP contribution in [0.25, 0.3) is 0 Å². The van der Waals surface area contributed by atoms with Crippen molar-refractivity contribution in [2.75, 3.05) is 0 Å². The molecule has 0 saturated carbocycles. The van der Waals surface area contributed by atoms with E-state index in [2.05, 4.69) is 10.2 Å². The molecule has 2 aromatic rings. The number of hydrogen-bond acceptors (Lipinski definition) is 4. The van der Waals surface area contributed by atoms with Gasteiger partial charge in [0.2, 0.25) is 0 Å². The highest BCUT2D eigenvalue weighted by Gasteiger charge is 2.11. The van der Waals surface area contributed by atoms with Crippen LogP contribution in [0, 0.1) is 0 Å². The van der Waals surface area contributed by atoms with E-state index in [0.29, 0.717) is 16.6 Å². The first-order chi connectivity index (χ1) is 9.15. The average Bonchev–Trinajstić information content (AvgIpc) is 2.79. The molecule has 0 atom stereocenters. The number of nitrogens with two attached hydrogens (primary N) is 1. The Balaban J connectivity index is 2.12. The predicted octanol–water partition coefficient (Wildman–Crippen LogP) is 3.36. The second-order valence-corrected chi connectivity index (χ2v) is 5.66. The van der Waals surface area contributed by atoms with Crippen LogP contribution >= 0.6 is 35.0 Å². The fraction of sp³-hybridized carbons (Fsp3) is 0.333. The molecule has 0 aliphatic rings. The van der Waals surface area contributed by atoms with E-state index >= 15 is 0 Å². The molecule has 0 aliphatic heterocycles. The second kappa shape index (κ2) is 6.61. The summed E-state index contributed by atoms with van der Waals surface area (Å²) in [5, 5.41) is 10.4. The highest BCUT2D eigenvalue weighted by atomic mass is 35.5. The van der Waals surface area contributed by atoms with Crippen molar-refractivity contribution in [1.82, 2.24) is 14.8 Å². The Labute approximate surface area is 126 Å². The van der Waals surface area contributed by atoms with Gasteiger partial charge in [-0.2, -0.15) is 0 Å².